The van der Waals surface area contributed by atoms with Crippen LogP contribution in [-0.4, -0.2) is 50.0 Å². The molecule has 2 fully saturated rings. The van der Waals surface area contributed by atoms with Crippen molar-refractivity contribution < 1.29 is 31.2 Å². The fourth-order valence-electron chi connectivity index (χ4n) is 3.60. The van der Waals surface area contributed by atoms with Gasteiger partial charge >= 0.3 is 0 Å². The minimum atomic E-state index is -2.96. The zero-order valence-corrected chi connectivity index (χ0v) is 16.6. The number of fused-ring (bicyclic) bond motifs is 1. The molecule has 0 radical (unpaired) electrons. The van der Waals surface area contributed by atoms with Gasteiger partial charge in [0.2, 0.25) is 11.9 Å². The van der Waals surface area contributed by atoms with Crippen molar-refractivity contribution in [1.29, 1.82) is 0 Å². The lowest BCUT2D eigenvalue weighted by Crippen LogP contribution is -2.29. The van der Waals surface area contributed by atoms with Crippen LogP contribution in [0.25, 0.3) is 11.2 Å². The van der Waals surface area contributed by atoms with Gasteiger partial charge in [0.05, 0.1) is 26.3 Å². The molecule has 1 saturated heterocycles. The number of ether oxygens (including phenoxy) is 1. The topological polar surface area (TPSA) is 97.1 Å². The number of halogens is 3. The van der Waals surface area contributed by atoms with E-state index in [0.29, 0.717) is 25.2 Å². The van der Waals surface area contributed by atoms with Crippen LogP contribution in [0.15, 0.2) is 18.3 Å². The molecule has 1 aliphatic heterocycles. The van der Waals surface area contributed by atoms with Crippen LogP contribution in [0.5, 0.6) is 0 Å². The number of anilines is 3. The highest BCUT2D eigenvalue weighted by atomic mass is 19.1. The Hall–Kier alpha value is -2.92. The lowest BCUT2D eigenvalue weighted by atomic mass is 9.93. The molecule has 4 atom stereocenters. The van der Waals surface area contributed by atoms with Crippen LogP contribution in [0.3, 0.4) is 0 Å². The third-order valence-corrected chi connectivity index (χ3v) is 5.13. The normalized spacial score (nSPS) is 34.1. The van der Waals surface area contributed by atoms with E-state index in [1.165, 1.54) is 10.8 Å². The van der Waals surface area contributed by atoms with Crippen LogP contribution >= 0.6 is 0 Å². The molecule has 3 N–H and O–H groups in total. The highest BCUT2D eigenvalue weighted by molar-refractivity contribution is 5.76. The third-order valence-electron chi connectivity index (χ3n) is 5.13. The highest BCUT2D eigenvalue weighted by Gasteiger charge is 2.27. The number of aliphatic hydroxyl groups is 1. The first-order valence-electron chi connectivity index (χ1n) is 13.0. The summed E-state index contributed by atoms with van der Waals surface area (Å²) >= 11 is 0. The number of nitrogens with one attached hydrogen (secondary N) is 2. The van der Waals surface area contributed by atoms with Gasteiger partial charge in [0.25, 0.3) is 0 Å². The van der Waals surface area contributed by atoms with E-state index in [4.69, 9.17) is 13.0 Å². The van der Waals surface area contributed by atoms with Gasteiger partial charge in [0.1, 0.15) is 17.0 Å². The summed E-state index contributed by atoms with van der Waals surface area (Å²) in [6.45, 7) is 0.600. The van der Waals surface area contributed by atoms with Crippen molar-refractivity contribution in [3.63, 3.8) is 0 Å². The van der Waals surface area contributed by atoms with Crippen molar-refractivity contribution in [2.45, 2.75) is 50.1 Å². The Balaban J connectivity index is 1.57. The minimum absolute atomic E-state index is 0.0504. The summed E-state index contributed by atoms with van der Waals surface area (Å²) in [4.78, 5) is 12.7. The maximum Gasteiger partial charge on any atom is 0.224 e. The second-order valence-corrected chi connectivity index (χ2v) is 7.35. The van der Waals surface area contributed by atoms with E-state index < -0.39 is 60.8 Å². The third kappa shape index (κ3) is 4.09. The van der Waals surface area contributed by atoms with E-state index in [1.54, 1.807) is 0 Å². The SMILES string of the molecule is [2H]C1CC([2H])(Nc2ncc3nc(Nc4c(F)cc(F)cc4F)n(C4CCOC4)c3n2)C([2H])([2H])C([2H])([2H])C1O. The molecule has 11 heteroatoms. The number of hydrogen-bond acceptors (Lipinski definition) is 7. The Morgan fingerprint density at radius 2 is 2.00 bits per heavy atom. The number of rotatable bonds is 5. The summed E-state index contributed by atoms with van der Waals surface area (Å²) in [6, 6.07) is -1.79. The summed E-state index contributed by atoms with van der Waals surface area (Å²) in [5, 5.41) is 15.1. The van der Waals surface area contributed by atoms with Gasteiger partial charge in [-0.1, -0.05) is 0 Å². The van der Waals surface area contributed by atoms with Crippen molar-refractivity contribution >= 4 is 28.7 Å². The number of imidazole rings is 1. The molecule has 0 spiro atoms. The first-order chi connectivity index (χ1) is 17.7. The van der Waals surface area contributed by atoms with E-state index in [-0.39, 0.29) is 35.7 Å². The molecule has 4 unspecified atom stereocenters. The van der Waals surface area contributed by atoms with Crippen molar-refractivity contribution in [3.05, 3.63) is 35.8 Å². The molecule has 1 saturated carbocycles. The summed E-state index contributed by atoms with van der Waals surface area (Å²) < 4.78 is 98.3. The van der Waals surface area contributed by atoms with E-state index in [2.05, 4.69) is 25.6 Å². The molecule has 5 rings (SSSR count). The Labute approximate surface area is 190 Å². The predicted octanol–water partition coefficient (Wildman–Crippen LogP) is 3.66. The summed E-state index contributed by atoms with van der Waals surface area (Å²) in [5.41, 5.74) is -0.340. The maximum absolute atomic E-state index is 14.4. The quantitative estimate of drug-likeness (QED) is 0.541. The molecule has 2 aliphatic rings. The smallest absolute Gasteiger partial charge is 0.224 e. The second kappa shape index (κ2) is 8.55. The molecule has 3 aromatic rings. The molecular formula is C21H23F3N6O2. The number of aliphatic hydroxyl groups excluding tert-OH is 1. The molecule has 8 nitrogen and oxygen atoms in total. The molecule has 2 aromatic heterocycles. The van der Waals surface area contributed by atoms with E-state index in [1.807, 2.05) is 0 Å². The van der Waals surface area contributed by atoms with Gasteiger partial charge in [0.15, 0.2) is 17.3 Å². The Bertz CT molecular complexity index is 1370. The minimum Gasteiger partial charge on any atom is -0.393 e. The highest BCUT2D eigenvalue weighted by Crippen LogP contribution is 2.32. The molecule has 3 heterocycles. The first-order valence-corrected chi connectivity index (χ1v) is 9.88. The van der Waals surface area contributed by atoms with Crippen molar-refractivity contribution in [3.8, 4) is 0 Å². The number of aromatic nitrogens is 4. The van der Waals surface area contributed by atoms with Crippen LogP contribution < -0.4 is 10.6 Å². The van der Waals surface area contributed by atoms with Crippen LogP contribution in [-0.2, 0) is 4.74 Å². The largest absolute Gasteiger partial charge is 0.393 e. The predicted molar refractivity (Wildman–Crippen MR) is 111 cm³/mol. The Morgan fingerprint density at radius 3 is 2.75 bits per heavy atom. The van der Waals surface area contributed by atoms with Gasteiger partial charge in [-0.15, -0.1) is 0 Å². The monoisotopic (exact) mass is 454 g/mol. The molecule has 32 heavy (non-hydrogen) atoms. The first kappa shape index (κ1) is 15.0. The maximum atomic E-state index is 14.4. The van der Waals surface area contributed by atoms with E-state index in [0.717, 1.165) is 0 Å². The average molecular weight is 454 g/mol. The summed E-state index contributed by atoms with van der Waals surface area (Å²) in [5.74, 6) is -3.81. The van der Waals surface area contributed by atoms with Crippen LogP contribution in [0.4, 0.5) is 30.8 Å². The fourth-order valence-corrected chi connectivity index (χ4v) is 3.60. The lowest BCUT2D eigenvalue weighted by molar-refractivity contribution is 0.126. The van der Waals surface area contributed by atoms with Gasteiger partial charge in [-0.25, -0.2) is 23.1 Å². The average Bonchev–Trinajstić information content (AvgIpc) is 3.47. The van der Waals surface area contributed by atoms with Gasteiger partial charge in [-0.3, -0.25) is 4.57 Å². The molecular weight excluding hydrogens is 425 g/mol. The molecule has 0 amide bonds. The number of hydrogen-bond donors (Lipinski definition) is 3. The van der Waals surface area contributed by atoms with Gasteiger partial charge in [0, 0.05) is 31.6 Å². The molecule has 1 aliphatic carbocycles. The van der Waals surface area contributed by atoms with Crippen LogP contribution in [0, 0.1) is 17.5 Å². The molecule has 0 bridgehead atoms. The lowest BCUT2D eigenvalue weighted by Gasteiger charge is -2.26. The van der Waals surface area contributed by atoms with E-state index >= 15 is 0 Å². The number of nitrogens with zero attached hydrogens (tertiary/aromatic N) is 4. The van der Waals surface area contributed by atoms with Gasteiger partial charge in [-0.2, -0.15) is 4.98 Å². The van der Waals surface area contributed by atoms with Crippen molar-refractivity contribution in [2.24, 2.45) is 0 Å². The fraction of sp³-hybridized carbons (Fsp3) is 0.476. The zero-order valence-electron chi connectivity index (χ0n) is 22.6. The Kier molecular flexibility index (Phi) is 4.01. The molecule has 1 aromatic carbocycles. The Morgan fingerprint density at radius 1 is 1.19 bits per heavy atom. The van der Waals surface area contributed by atoms with Gasteiger partial charge < -0.3 is 20.5 Å². The second-order valence-electron chi connectivity index (χ2n) is 7.35. The van der Waals surface area contributed by atoms with Crippen LogP contribution in [0.1, 0.15) is 46.3 Å². The standard InChI is InChI=1S/C21H23F3N6O2/c22-11-7-15(23)18(16(24)8-11)28-21-27-17-9-25-20(26-12-1-3-14(31)4-2-12)29-19(17)30(21)13-5-6-32-10-13/h7-9,12-14,31H,1-6,10H2,(H,27,28)(H,25,26,29)/i1D2,3D2,4D,12D. The van der Waals surface area contributed by atoms with Crippen molar-refractivity contribution in [2.75, 3.05) is 23.8 Å². The summed E-state index contributed by atoms with van der Waals surface area (Å²) in [6.07, 6.45) is -8.20. The van der Waals surface area contributed by atoms with Crippen LogP contribution in [0.2, 0.25) is 0 Å². The van der Waals surface area contributed by atoms with E-state index in [9.17, 15) is 18.3 Å². The van der Waals surface area contributed by atoms with Gasteiger partial charge in [-0.05, 0) is 32.0 Å². The number of benzene rings is 1. The summed E-state index contributed by atoms with van der Waals surface area (Å²) in [7, 11) is 0. The molecule has 170 valence electrons. The van der Waals surface area contributed by atoms with Crippen molar-refractivity contribution in [1.82, 2.24) is 19.5 Å². The zero-order chi connectivity index (χ0) is 27.6.